The topological polar surface area (TPSA) is 34.1 Å². The van der Waals surface area contributed by atoms with Crippen LogP contribution in [0, 0.1) is 5.41 Å². The number of hydrogen-bond acceptors (Lipinski definition) is 3. The summed E-state index contributed by atoms with van der Waals surface area (Å²) in [7, 11) is 1.81. The van der Waals surface area contributed by atoms with Gasteiger partial charge in [0.25, 0.3) is 0 Å². The molecule has 1 saturated carbocycles. The zero-order valence-electron chi connectivity index (χ0n) is 10.9. The highest BCUT2D eigenvalue weighted by Crippen LogP contribution is 2.42. The van der Waals surface area contributed by atoms with Crippen molar-refractivity contribution in [3.05, 3.63) is 30.1 Å². The van der Waals surface area contributed by atoms with E-state index in [2.05, 4.69) is 36.3 Å². The lowest BCUT2D eigenvalue weighted by atomic mass is 9.64. The summed E-state index contributed by atoms with van der Waals surface area (Å²) in [5.74, 6) is 0. The second-order valence-electron chi connectivity index (χ2n) is 5.39. The van der Waals surface area contributed by atoms with Crippen molar-refractivity contribution in [2.45, 2.75) is 38.8 Å². The molecule has 0 bridgehead atoms. The maximum atomic E-state index is 5.45. The molecule has 2 rings (SSSR count). The van der Waals surface area contributed by atoms with Crippen LogP contribution in [0.3, 0.4) is 0 Å². The largest absolute Gasteiger partial charge is 0.381 e. The summed E-state index contributed by atoms with van der Waals surface area (Å²) in [6, 6.07) is 4.73. The summed E-state index contributed by atoms with van der Waals surface area (Å²) in [6.45, 7) is 5.57. The molecule has 0 aromatic carbocycles. The van der Waals surface area contributed by atoms with Gasteiger partial charge in [0.05, 0.1) is 6.10 Å². The molecule has 1 aliphatic rings. The minimum absolute atomic E-state index is 0.257. The lowest BCUT2D eigenvalue weighted by Gasteiger charge is -2.51. The molecule has 17 heavy (non-hydrogen) atoms. The molecule has 1 N–H and O–H groups in total. The quantitative estimate of drug-likeness (QED) is 0.846. The first-order valence-electron chi connectivity index (χ1n) is 6.29. The zero-order valence-corrected chi connectivity index (χ0v) is 10.9. The first kappa shape index (κ1) is 12.5. The van der Waals surface area contributed by atoms with Crippen LogP contribution in [0.4, 0.5) is 0 Å². The van der Waals surface area contributed by atoms with E-state index in [1.54, 1.807) is 7.11 Å². The van der Waals surface area contributed by atoms with Crippen LogP contribution < -0.4 is 5.32 Å². The van der Waals surface area contributed by atoms with Crippen LogP contribution in [0.15, 0.2) is 24.5 Å². The van der Waals surface area contributed by atoms with Gasteiger partial charge in [0.2, 0.25) is 0 Å². The van der Waals surface area contributed by atoms with Gasteiger partial charge in [-0.1, -0.05) is 13.8 Å². The normalized spacial score (nSPS) is 26.5. The molecule has 0 spiro atoms. The van der Waals surface area contributed by atoms with Crippen LogP contribution in [0.5, 0.6) is 0 Å². The Morgan fingerprint density at radius 1 is 1.41 bits per heavy atom. The number of ether oxygens (including phenoxy) is 1. The van der Waals surface area contributed by atoms with E-state index in [4.69, 9.17) is 4.74 Å². The van der Waals surface area contributed by atoms with Gasteiger partial charge in [0.15, 0.2) is 0 Å². The molecule has 1 aromatic heterocycles. The van der Waals surface area contributed by atoms with Gasteiger partial charge >= 0.3 is 0 Å². The SMILES string of the molecule is COC1CC(NCCc2ccncc2)C1(C)C. The van der Waals surface area contributed by atoms with Crippen molar-refractivity contribution in [3.63, 3.8) is 0 Å². The molecular weight excluding hydrogens is 212 g/mol. The third kappa shape index (κ3) is 2.67. The Kier molecular flexibility index (Phi) is 3.79. The van der Waals surface area contributed by atoms with Crippen molar-refractivity contribution >= 4 is 0 Å². The van der Waals surface area contributed by atoms with Crippen molar-refractivity contribution in [1.82, 2.24) is 10.3 Å². The molecule has 1 fully saturated rings. The number of hydrogen-bond donors (Lipinski definition) is 1. The van der Waals surface area contributed by atoms with Crippen LogP contribution in [0.1, 0.15) is 25.8 Å². The minimum Gasteiger partial charge on any atom is -0.381 e. The minimum atomic E-state index is 0.257. The highest BCUT2D eigenvalue weighted by molar-refractivity contribution is 5.10. The summed E-state index contributed by atoms with van der Waals surface area (Å²) in [4.78, 5) is 4.02. The van der Waals surface area contributed by atoms with E-state index >= 15 is 0 Å². The summed E-state index contributed by atoms with van der Waals surface area (Å²) in [6.07, 6.45) is 6.29. The number of nitrogens with zero attached hydrogens (tertiary/aromatic N) is 1. The molecule has 1 aromatic rings. The molecule has 1 heterocycles. The molecule has 0 amide bonds. The Morgan fingerprint density at radius 3 is 2.71 bits per heavy atom. The highest BCUT2D eigenvalue weighted by Gasteiger charge is 2.47. The molecule has 1 aliphatic carbocycles. The Labute approximate surface area is 104 Å². The van der Waals surface area contributed by atoms with E-state index in [1.165, 1.54) is 5.56 Å². The summed E-state index contributed by atoms with van der Waals surface area (Å²) in [5, 5.41) is 3.62. The van der Waals surface area contributed by atoms with Crippen LogP contribution >= 0.6 is 0 Å². The van der Waals surface area contributed by atoms with Crippen LogP contribution in [-0.4, -0.2) is 30.8 Å². The predicted molar refractivity (Wildman–Crippen MR) is 68.9 cm³/mol. The summed E-state index contributed by atoms with van der Waals surface area (Å²) < 4.78 is 5.45. The average Bonchev–Trinajstić information content (AvgIpc) is 2.34. The summed E-state index contributed by atoms with van der Waals surface area (Å²) >= 11 is 0. The van der Waals surface area contributed by atoms with Crippen molar-refractivity contribution < 1.29 is 4.74 Å². The van der Waals surface area contributed by atoms with Gasteiger partial charge in [-0.25, -0.2) is 0 Å². The Morgan fingerprint density at radius 2 is 2.12 bits per heavy atom. The fraction of sp³-hybridized carbons (Fsp3) is 0.643. The summed E-state index contributed by atoms with van der Waals surface area (Å²) in [5.41, 5.74) is 1.60. The lowest BCUT2D eigenvalue weighted by molar-refractivity contribution is -0.0971. The van der Waals surface area contributed by atoms with Crippen molar-refractivity contribution in [1.29, 1.82) is 0 Å². The van der Waals surface area contributed by atoms with E-state index in [9.17, 15) is 0 Å². The first-order chi connectivity index (χ1) is 8.14. The maximum Gasteiger partial charge on any atom is 0.0652 e. The van der Waals surface area contributed by atoms with Gasteiger partial charge in [0.1, 0.15) is 0 Å². The van der Waals surface area contributed by atoms with Crippen LogP contribution in [0.25, 0.3) is 0 Å². The van der Waals surface area contributed by atoms with Crippen LogP contribution in [0.2, 0.25) is 0 Å². The number of methoxy groups -OCH3 is 1. The van der Waals surface area contributed by atoms with E-state index in [0.717, 1.165) is 19.4 Å². The second kappa shape index (κ2) is 5.15. The monoisotopic (exact) mass is 234 g/mol. The molecular formula is C14H22N2O. The molecule has 2 atom stereocenters. The third-order valence-corrected chi connectivity index (χ3v) is 4.02. The van der Waals surface area contributed by atoms with Gasteiger partial charge in [0, 0.05) is 31.0 Å². The molecule has 94 valence electrons. The van der Waals surface area contributed by atoms with Crippen molar-refractivity contribution in [3.8, 4) is 0 Å². The smallest absolute Gasteiger partial charge is 0.0652 e. The van der Waals surface area contributed by atoms with Gasteiger partial charge in [-0.05, 0) is 37.1 Å². The molecule has 2 unspecified atom stereocenters. The Balaban J connectivity index is 1.74. The van der Waals surface area contributed by atoms with E-state index in [1.807, 2.05) is 12.4 Å². The van der Waals surface area contributed by atoms with Crippen molar-refractivity contribution in [2.75, 3.05) is 13.7 Å². The predicted octanol–water partition coefficient (Wildman–Crippen LogP) is 2.03. The lowest BCUT2D eigenvalue weighted by Crippen LogP contribution is -2.60. The van der Waals surface area contributed by atoms with E-state index < -0.39 is 0 Å². The molecule has 3 heteroatoms. The second-order valence-corrected chi connectivity index (χ2v) is 5.39. The first-order valence-corrected chi connectivity index (χ1v) is 6.29. The molecule has 0 saturated heterocycles. The fourth-order valence-corrected chi connectivity index (χ4v) is 2.57. The third-order valence-electron chi connectivity index (χ3n) is 4.02. The van der Waals surface area contributed by atoms with Gasteiger partial charge in [-0.2, -0.15) is 0 Å². The maximum absolute atomic E-state index is 5.45. The highest BCUT2D eigenvalue weighted by atomic mass is 16.5. The zero-order chi connectivity index (χ0) is 12.3. The number of nitrogens with one attached hydrogen (secondary N) is 1. The van der Waals surface area contributed by atoms with Gasteiger partial charge in [-0.15, -0.1) is 0 Å². The van der Waals surface area contributed by atoms with Crippen molar-refractivity contribution in [2.24, 2.45) is 5.41 Å². The van der Waals surface area contributed by atoms with E-state index in [-0.39, 0.29) is 5.41 Å². The van der Waals surface area contributed by atoms with E-state index in [0.29, 0.717) is 12.1 Å². The average molecular weight is 234 g/mol. The molecule has 3 nitrogen and oxygen atoms in total. The fourth-order valence-electron chi connectivity index (χ4n) is 2.57. The standard InChI is InChI=1S/C14H22N2O/c1-14(2)12(10-13(14)17-3)16-9-6-11-4-7-15-8-5-11/h4-5,7-8,12-13,16H,6,9-10H2,1-3H3. The van der Waals surface area contributed by atoms with Gasteiger partial charge < -0.3 is 10.1 Å². The number of aromatic nitrogens is 1. The molecule has 0 aliphatic heterocycles. The Hall–Kier alpha value is -0.930. The number of pyridine rings is 1. The van der Waals surface area contributed by atoms with Crippen LogP contribution in [-0.2, 0) is 11.2 Å². The van der Waals surface area contributed by atoms with Gasteiger partial charge in [-0.3, -0.25) is 4.98 Å². The Bertz CT molecular complexity index is 350. The number of rotatable bonds is 5. The molecule has 0 radical (unpaired) electrons.